The molecule has 0 bridgehead atoms. The Morgan fingerprint density at radius 3 is 2.33 bits per heavy atom. The topological polar surface area (TPSA) is 118 Å². The van der Waals surface area contributed by atoms with Gasteiger partial charge in [-0.05, 0) is 75.7 Å². The molecule has 8 nitrogen and oxygen atoms in total. The van der Waals surface area contributed by atoms with E-state index >= 15 is 0 Å². The van der Waals surface area contributed by atoms with E-state index in [4.69, 9.17) is 5.11 Å². The minimum atomic E-state index is -4.49. The molecule has 2 saturated heterocycles. The number of piperidine rings is 2. The zero-order valence-corrected chi connectivity index (χ0v) is 29.9. The molecule has 3 aromatic rings. The second-order valence-electron chi connectivity index (χ2n) is 12.8. The number of hydrogen-bond acceptors (Lipinski definition) is 8. The Labute approximate surface area is 303 Å². The maximum Gasteiger partial charge on any atom is 0.425 e. The third-order valence-electron chi connectivity index (χ3n) is 9.39. The quantitative estimate of drug-likeness (QED) is 0.178. The fourth-order valence-corrected chi connectivity index (χ4v) is 7.36. The van der Waals surface area contributed by atoms with Crippen LogP contribution in [0.25, 0.3) is 0 Å². The van der Waals surface area contributed by atoms with Gasteiger partial charge in [0.2, 0.25) is 5.91 Å². The molecule has 2 aliphatic heterocycles. The molecule has 0 spiro atoms. The van der Waals surface area contributed by atoms with Crippen LogP contribution in [0.5, 0.6) is 5.75 Å². The van der Waals surface area contributed by atoms with Gasteiger partial charge in [-0.25, -0.2) is 0 Å². The Balaban J connectivity index is 0.000000269. The molecule has 0 saturated carbocycles. The van der Waals surface area contributed by atoms with Gasteiger partial charge in [-0.15, -0.1) is 11.3 Å². The lowest BCUT2D eigenvalue weighted by atomic mass is 9.71. The number of nitriles is 1. The summed E-state index contributed by atoms with van der Waals surface area (Å²) in [7, 11) is 2.15. The Morgan fingerprint density at radius 1 is 1.12 bits per heavy atom. The lowest BCUT2D eigenvalue weighted by Gasteiger charge is -2.43. The lowest BCUT2D eigenvalue weighted by Crippen LogP contribution is -2.53. The number of nitrogens with zero attached hydrogens (tertiary/aromatic N) is 4. The van der Waals surface area contributed by atoms with E-state index < -0.39 is 33.8 Å². The standard InChI is InChI=1S/C25H37N3O2.C7H4F3NO.C5H3F3OS/c1-3-8-23-21(11-6-15-27(23)2)24(30)28-16-13-25(19-26,14-17-28)22-12-5-4-9-20(22)10-7-18-29;8-7(9,10)6-1-2-11-3-5(6)4-12;6-5(7,8)4-1-3(9)2-10-4/h4-5,9,12,21,23,29H,3,6-8,10-11,13-18H2,1-2H3;1-4H;1-2,9H. The van der Waals surface area contributed by atoms with Gasteiger partial charge in [0.1, 0.15) is 10.6 Å². The van der Waals surface area contributed by atoms with Crippen LogP contribution in [-0.4, -0.2) is 76.5 Å². The van der Waals surface area contributed by atoms with Crippen LogP contribution in [0, 0.1) is 17.2 Å². The van der Waals surface area contributed by atoms with Crippen molar-refractivity contribution in [1.82, 2.24) is 14.8 Å². The number of aliphatic hydroxyl groups excluding tert-OH is 1. The Hall–Kier alpha value is -4.00. The highest BCUT2D eigenvalue weighted by molar-refractivity contribution is 7.10. The van der Waals surface area contributed by atoms with Crippen LogP contribution in [0.3, 0.4) is 0 Å². The van der Waals surface area contributed by atoms with E-state index in [0.717, 1.165) is 73.6 Å². The first-order valence-corrected chi connectivity index (χ1v) is 17.9. The molecule has 2 unspecified atom stereocenters. The Kier molecular flexibility index (Phi) is 15.6. The number of hydrogen-bond donors (Lipinski definition) is 2. The fourth-order valence-electron chi connectivity index (χ4n) is 6.72. The molecule has 15 heteroatoms. The van der Waals surface area contributed by atoms with Crippen molar-refractivity contribution in [2.45, 2.75) is 82.1 Å². The molecular weight excluding hydrogens is 710 g/mol. The van der Waals surface area contributed by atoms with Crippen LogP contribution in [0.2, 0.25) is 0 Å². The molecule has 2 fully saturated rings. The molecule has 2 aromatic heterocycles. The van der Waals surface area contributed by atoms with Crippen LogP contribution in [0.4, 0.5) is 26.3 Å². The number of rotatable bonds is 8. The van der Waals surface area contributed by atoms with Crippen molar-refractivity contribution < 1.29 is 46.1 Å². The number of carbonyl (C=O) groups is 2. The van der Waals surface area contributed by atoms with E-state index in [1.807, 2.05) is 17.0 Å². The molecule has 1 aromatic carbocycles. The zero-order valence-electron chi connectivity index (χ0n) is 29.1. The number of benzene rings is 1. The first kappa shape index (κ1) is 42.4. The van der Waals surface area contributed by atoms with Crippen molar-refractivity contribution in [2.24, 2.45) is 5.92 Å². The molecule has 5 rings (SSSR count). The number of aryl methyl sites for hydroxylation is 1. The summed E-state index contributed by atoms with van der Waals surface area (Å²) in [6.07, 6.45) is 0.301. The largest absolute Gasteiger partial charge is 0.507 e. The first-order chi connectivity index (χ1) is 24.6. The van der Waals surface area contributed by atoms with Crippen molar-refractivity contribution in [1.29, 1.82) is 5.26 Å². The van der Waals surface area contributed by atoms with Crippen molar-refractivity contribution in [3.05, 3.63) is 81.3 Å². The number of amides is 1. The van der Waals surface area contributed by atoms with E-state index in [1.165, 1.54) is 0 Å². The highest BCUT2D eigenvalue weighted by Gasteiger charge is 2.42. The normalized spacial score (nSPS) is 19.0. The van der Waals surface area contributed by atoms with E-state index in [1.54, 1.807) is 0 Å². The summed E-state index contributed by atoms with van der Waals surface area (Å²) >= 11 is 0.481. The van der Waals surface area contributed by atoms with Crippen molar-refractivity contribution in [3.8, 4) is 11.8 Å². The smallest absolute Gasteiger partial charge is 0.425 e. The van der Waals surface area contributed by atoms with E-state index in [2.05, 4.69) is 42.1 Å². The first-order valence-electron chi connectivity index (χ1n) is 17.0. The zero-order chi connectivity index (χ0) is 38.5. The number of likely N-dealkylation sites (tertiary alicyclic amines) is 2. The number of aromatic nitrogens is 1. The van der Waals surface area contributed by atoms with E-state index in [-0.39, 0.29) is 24.6 Å². The van der Waals surface area contributed by atoms with Gasteiger partial charge >= 0.3 is 12.4 Å². The van der Waals surface area contributed by atoms with Gasteiger partial charge in [0, 0.05) is 55.1 Å². The lowest BCUT2D eigenvalue weighted by molar-refractivity contribution is -0.141. The highest BCUT2D eigenvalue weighted by atomic mass is 32.1. The molecule has 4 heterocycles. The predicted molar refractivity (Wildman–Crippen MR) is 185 cm³/mol. The predicted octanol–water partition coefficient (Wildman–Crippen LogP) is 7.89. The van der Waals surface area contributed by atoms with Crippen LogP contribution in [0.1, 0.15) is 83.8 Å². The summed E-state index contributed by atoms with van der Waals surface area (Å²) in [5.74, 6) is 0.0487. The maximum absolute atomic E-state index is 13.4. The summed E-state index contributed by atoms with van der Waals surface area (Å²) in [6.45, 7) is 4.74. The average molecular weight is 755 g/mol. The molecule has 0 aliphatic carbocycles. The molecule has 52 heavy (non-hydrogen) atoms. The molecule has 2 N–H and O–H groups in total. The molecular formula is C37H44F6N4O4S. The molecule has 1 amide bonds. The summed E-state index contributed by atoms with van der Waals surface area (Å²) in [5.41, 5.74) is 0.325. The van der Waals surface area contributed by atoms with Gasteiger partial charge < -0.3 is 20.0 Å². The summed E-state index contributed by atoms with van der Waals surface area (Å²) < 4.78 is 71.2. The van der Waals surface area contributed by atoms with E-state index in [0.29, 0.717) is 61.7 Å². The van der Waals surface area contributed by atoms with Crippen molar-refractivity contribution >= 4 is 23.5 Å². The third kappa shape index (κ3) is 11.2. The van der Waals surface area contributed by atoms with Gasteiger partial charge in [0.05, 0.1) is 23.0 Å². The van der Waals surface area contributed by atoms with Gasteiger partial charge in [0.15, 0.2) is 6.29 Å². The number of aldehydes is 1. The Morgan fingerprint density at radius 2 is 1.81 bits per heavy atom. The highest BCUT2D eigenvalue weighted by Crippen LogP contribution is 2.39. The maximum atomic E-state index is 13.4. The Bertz CT molecular complexity index is 1630. The molecule has 2 aliphatic rings. The van der Waals surface area contributed by atoms with Crippen molar-refractivity contribution in [3.63, 3.8) is 0 Å². The third-order valence-corrected chi connectivity index (χ3v) is 10.3. The molecule has 0 radical (unpaired) electrons. The van der Waals surface area contributed by atoms with Crippen LogP contribution in [0.15, 0.2) is 54.2 Å². The molecule has 284 valence electrons. The number of pyridine rings is 1. The SMILES string of the molecule is CCCC1C(C(=O)N2CCC(C#N)(c3ccccc3CCCO)CC2)CCCN1C.O=Cc1cnccc1C(F)(F)F.Oc1csc(C(F)(F)F)c1. The van der Waals surface area contributed by atoms with Gasteiger partial charge in [-0.2, -0.15) is 31.6 Å². The van der Waals surface area contributed by atoms with Gasteiger partial charge in [-0.3, -0.25) is 14.6 Å². The summed E-state index contributed by atoms with van der Waals surface area (Å²) in [5, 5.41) is 29.0. The second-order valence-corrected chi connectivity index (χ2v) is 13.7. The monoisotopic (exact) mass is 754 g/mol. The summed E-state index contributed by atoms with van der Waals surface area (Å²) in [6, 6.07) is 12.6. The van der Waals surface area contributed by atoms with Crippen LogP contribution in [-0.2, 0) is 29.0 Å². The summed E-state index contributed by atoms with van der Waals surface area (Å²) in [4.78, 5) is 30.6. The number of aliphatic hydroxyl groups is 1. The number of thiophene rings is 1. The second kappa shape index (κ2) is 19.2. The minimum Gasteiger partial charge on any atom is -0.507 e. The average Bonchev–Trinajstić information content (AvgIpc) is 3.59. The number of alkyl halides is 6. The number of carbonyl (C=O) groups excluding carboxylic acids is 2. The van der Waals surface area contributed by atoms with Crippen LogP contribution >= 0.6 is 11.3 Å². The van der Waals surface area contributed by atoms with E-state index in [9.17, 15) is 46.3 Å². The van der Waals surface area contributed by atoms with Crippen LogP contribution < -0.4 is 0 Å². The fraction of sp³-hybridized carbons (Fsp3) is 0.514. The number of aromatic hydroxyl groups is 1. The molecule has 2 atom stereocenters. The minimum absolute atomic E-state index is 0.0927. The number of halogens is 6. The van der Waals surface area contributed by atoms with Gasteiger partial charge in [-0.1, -0.05) is 37.6 Å². The van der Waals surface area contributed by atoms with Crippen molar-refractivity contribution in [2.75, 3.05) is 33.3 Å². The van der Waals surface area contributed by atoms with Gasteiger partial charge in [0.25, 0.3) is 0 Å².